The highest BCUT2D eigenvalue weighted by Gasteiger charge is 2.51. The Morgan fingerprint density at radius 3 is 2.40 bits per heavy atom. The highest BCUT2D eigenvalue weighted by atomic mass is 19.1. The molecule has 0 saturated heterocycles. The lowest BCUT2D eigenvalue weighted by Gasteiger charge is -2.16. The zero-order chi connectivity index (χ0) is 14.2. The zero-order valence-corrected chi connectivity index (χ0v) is 10.7. The van der Waals surface area contributed by atoms with Crippen LogP contribution in [0, 0.1) is 11.6 Å². The smallest absolute Gasteiger partial charge is 0.235 e. The Kier molecular flexibility index (Phi) is 3.01. The van der Waals surface area contributed by atoms with Crippen LogP contribution >= 0.6 is 0 Å². The van der Waals surface area contributed by atoms with Crippen molar-refractivity contribution in [1.82, 2.24) is 0 Å². The van der Waals surface area contributed by atoms with E-state index in [1.807, 2.05) is 30.3 Å². The fraction of sp³-hybridized carbons (Fsp3) is 0.188. The van der Waals surface area contributed by atoms with Crippen LogP contribution in [0.15, 0.2) is 48.5 Å². The van der Waals surface area contributed by atoms with E-state index in [4.69, 9.17) is 0 Å². The van der Waals surface area contributed by atoms with Crippen LogP contribution in [0.2, 0.25) is 0 Å². The lowest BCUT2D eigenvalue weighted by molar-refractivity contribution is -0.118. The monoisotopic (exact) mass is 273 g/mol. The summed E-state index contributed by atoms with van der Waals surface area (Å²) in [4.78, 5) is 12.4. The summed E-state index contributed by atoms with van der Waals surface area (Å²) in [7, 11) is 0. The Bertz CT molecular complexity index is 651. The number of anilines is 1. The second kappa shape index (κ2) is 4.71. The third kappa shape index (κ3) is 2.18. The summed E-state index contributed by atoms with van der Waals surface area (Å²) in [5, 5.41) is 2.50. The minimum Gasteiger partial charge on any atom is -0.323 e. The van der Waals surface area contributed by atoms with Crippen molar-refractivity contribution in [1.29, 1.82) is 0 Å². The van der Waals surface area contributed by atoms with Gasteiger partial charge in [-0.3, -0.25) is 4.79 Å². The quantitative estimate of drug-likeness (QED) is 0.909. The molecule has 0 aromatic heterocycles. The maximum Gasteiger partial charge on any atom is 0.235 e. The van der Waals surface area contributed by atoms with E-state index in [9.17, 15) is 13.6 Å². The molecule has 1 aliphatic carbocycles. The van der Waals surface area contributed by atoms with E-state index < -0.39 is 17.0 Å². The normalized spacial score (nSPS) is 15.7. The predicted molar refractivity (Wildman–Crippen MR) is 72.3 cm³/mol. The van der Waals surface area contributed by atoms with Gasteiger partial charge in [-0.15, -0.1) is 0 Å². The molecule has 1 saturated carbocycles. The molecule has 2 aromatic rings. The molecule has 3 rings (SSSR count). The van der Waals surface area contributed by atoms with Gasteiger partial charge in [0, 0.05) is 6.07 Å². The van der Waals surface area contributed by atoms with Crippen LogP contribution in [0.3, 0.4) is 0 Å². The van der Waals surface area contributed by atoms with Gasteiger partial charge in [-0.25, -0.2) is 8.78 Å². The van der Waals surface area contributed by atoms with Crippen LogP contribution < -0.4 is 5.32 Å². The number of amides is 1. The lowest BCUT2D eigenvalue weighted by atomic mass is 9.95. The molecule has 20 heavy (non-hydrogen) atoms. The van der Waals surface area contributed by atoms with E-state index in [-0.39, 0.29) is 11.6 Å². The molecule has 1 amide bonds. The molecule has 4 heteroatoms. The number of rotatable bonds is 3. The topological polar surface area (TPSA) is 29.1 Å². The minimum absolute atomic E-state index is 0.114. The van der Waals surface area contributed by atoms with Crippen LogP contribution in [0.1, 0.15) is 18.4 Å². The molecule has 0 unspecified atom stereocenters. The first-order valence-corrected chi connectivity index (χ1v) is 6.44. The molecule has 102 valence electrons. The molecule has 0 spiro atoms. The molecule has 0 aliphatic heterocycles. The van der Waals surface area contributed by atoms with Gasteiger partial charge in [0.2, 0.25) is 5.91 Å². The van der Waals surface area contributed by atoms with Gasteiger partial charge in [-0.2, -0.15) is 0 Å². The van der Waals surface area contributed by atoms with E-state index in [0.29, 0.717) is 0 Å². The molecule has 1 aliphatic rings. The molecule has 2 nitrogen and oxygen atoms in total. The van der Waals surface area contributed by atoms with Crippen molar-refractivity contribution in [3.8, 4) is 0 Å². The van der Waals surface area contributed by atoms with Gasteiger partial charge in [0.15, 0.2) is 0 Å². The van der Waals surface area contributed by atoms with Crippen LogP contribution in [0.5, 0.6) is 0 Å². The number of carbonyl (C=O) groups excluding carboxylic acids is 1. The first-order chi connectivity index (χ1) is 9.62. The maximum atomic E-state index is 13.6. The largest absolute Gasteiger partial charge is 0.323 e. The highest BCUT2D eigenvalue weighted by Crippen LogP contribution is 2.49. The van der Waals surface area contributed by atoms with Gasteiger partial charge in [0.25, 0.3) is 0 Å². The minimum atomic E-state index is -0.636. The summed E-state index contributed by atoms with van der Waals surface area (Å²) in [6.07, 6.45) is 1.44. The van der Waals surface area contributed by atoms with Crippen molar-refractivity contribution in [3.05, 3.63) is 65.7 Å². The highest BCUT2D eigenvalue weighted by molar-refractivity contribution is 6.01. The fourth-order valence-corrected chi connectivity index (χ4v) is 2.36. The van der Waals surface area contributed by atoms with Crippen molar-refractivity contribution in [3.63, 3.8) is 0 Å². The maximum absolute atomic E-state index is 13.6. The second-order valence-corrected chi connectivity index (χ2v) is 5.03. The van der Waals surface area contributed by atoms with E-state index in [0.717, 1.165) is 36.6 Å². The number of carbonyl (C=O) groups is 1. The second-order valence-electron chi connectivity index (χ2n) is 5.03. The molecular weight excluding hydrogens is 260 g/mol. The molecule has 1 fully saturated rings. The van der Waals surface area contributed by atoms with Crippen molar-refractivity contribution in [2.75, 3.05) is 5.32 Å². The molecule has 0 atom stereocenters. The van der Waals surface area contributed by atoms with Crippen LogP contribution in [0.4, 0.5) is 14.5 Å². The summed E-state index contributed by atoms with van der Waals surface area (Å²) < 4.78 is 26.7. The lowest BCUT2D eigenvalue weighted by Crippen LogP contribution is -2.28. The summed E-state index contributed by atoms with van der Waals surface area (Å²) in [6, 6.07) is 12.4. The molecule has 0 radical (unpaired) electrons. The van der Waals surface area contributed by atoms with Gasteiger partial charge in [0.05, 0.1) is 11.1 Å². The van der Waals surface area contributed by atoms with Crippen molar-refractivity contribution < 1.29 is 13.6 Å². The molecule has 1 N–H and O–H groups in total. The van der Waals surface area contributed by atoms with E-state index in [1.165, 1.54) is 0 Å². The molecule has 0 heterocycles. The molecule has 2 aromatic carbocycles. The Morgan fingerprint density at radius 2 is 1.75 bits per heavy atom. The van der Waals surface area contributed by atoms with Gasteiger partial charge in [-0.05, 0) is 30.5 Å². The average Bonchev–Trinajstić information content (AvgIpc) is 3.25. The Hall–Kier alpha value is -2.23. The Balaban J connectivity index is 1.85. The third-order valence-electron chi connectivity index (χ3n) is 3.69. The summed E-state index contributed by atoms with van der Waals surface area (Å²) >= 11 is 0. The van der Waals surface area contributed by atoms with Crippen LogP contribution in [-0.2, 0) is 10.2 Å². The number of halogens is 2. The fourth-order valence-electron chi connectivity index (χ4n) is 2.36. The first kappa shape index (κ1) is 12.8. The Morgan fingerprint density at radius 1 is 1.05 bits per heavy atom. The number of benzene rings is 2. The standard InChI is InChI=1S/C16H13F2NO/c17-12-6-7-13(18)14(10-12)19-15(20)16(8-9-16)11-4-2-1-3-5-11/h1-7,10H,8-9H2,(H,19,20). The van der Waals surface area contributed by atoms with Crippen molar-refractivity contribution in [2.24, 2.45) is 0 Å². The Labute approximate surface area is 115 Å². The van der Waals surface area contributed by atoms with Gasteiger partial charge < -0.3 is 5.32 Å². The van der Waals surface area contributed by atoms with Crippen LogP contribution in [0.25, 0.3) is 0 Å². The zero-order valence-electron chi connectivity index (χ0n) is 10.7. The van der Waals surface area contributed by atoms with Gasteiger partial charge in [0.1, 0.15) is 11.6 Å². The number of hydrogen-bond acceptors (Lipinski definition) is 1. The molecular formula is C16H13F2NO. The van der Waals surface area contributed by atoms with Crippen LogP contribution in [-0.4, -0.2) is 5.91 Å². The summed E-state index contributed by atoms with van der Waals surface area (Å²) in [6.45, 7) is 0. The van der Waals surface area contributed by atoms with Gasteiger partial charge >= 0.3 is 0 Å². The predicted octanol–water partition coefficient (Wildman–Crippen LogP) is 3.64. The number of hydrogen-bond donors (Lipinski definition) is 1. The van der Waals surface area contributed by atoms with E-state index >= 15 is 0 Å². The summed E-state index contributed by atoms with van der Waals surface area (Å²) in [5.41, 5.74) is 0.200. The molecule has 0 bridgehead atoms. The number of nitrogens with one attached hydrogen (secondary N) is 1. The summed E-state index contributed by atoms with van der Waals surface area (Å²) in [5.74, 6) is -1.50. The third-order valence-corrected chi connectivity index (χ3v) is 3.69. The first-order valence-electron chi connectivity index (χ1n) is 6.44. The van der Waals surface area contributed by atoms with E-state index in [2.05, 4.69) is 5.32 Å². The SMILES string of the molecule is O=C(Nc1cc(F)ccc1F)C1(c2ccccc2)CC1. The van der Waals surface area contributed by atoms with E-state index in [1.54, 1.807) is 0 Å². The average molecular weight is 273 g/mol. The van der Waals surface area contributed by atoms with Crippen molar-refractivity contribution in [2.45, 2.75) is 18.3 Å². The van der Waals surface area contributed by atoms with Crippen molar-refractivity contribution >= 4 is 11.6 Å². The van der Waals surface area contributed by atoms with Gasteiger partial charge in [-0.1, -0.05) is 30.3 Å².